The number of aliphatic imine (C=N–C) groups is 1. The summed E-state index contributed by atoms with van der Waals surface area (Å²) in [6, 6.07) is 6.87. The number of amides is 1. The van der Waals surface area contributed by atoms with E-state index in [2.05, 4.69) is 20.9 Å². The molecule has 1 unspecified atom stereocenters. The Balaban J connectivity index is 1.73. The Morgan fingerprint density at radius 2 is 1.93 bits per heavy atom. The molecule has 0 aliphatic heterocycles. The lowest BCUT2D eigenvalue weighted by molar-refractivity contribution is 0.0925. The van der Waals surface area contributed by atoms with Crippen molar-refractivity contribution in [2.45, 2.75) is 33.2 Å². The minimum atomic E-state index is -0.216. The van der Waals surface area contributed by atoms with Crippen LogP contribution in [0.15, 0.2) is 39.9 Å². The molecule has 1 aromatic heterocycles. The summed E-state index contributed by atoms with van der Waals surface area (Å²) in [7, 11) is 1.68. The van der Waals surface area contributed by atoms with Crippen LogP contribution in [0.3, 0.4) is 0 Å². The van der Waals surface area contributed by atoms with Crippen LogP contribution in [0.1, 0.15) is 46.6 Å². The van der Waals surface area contributed by atoms with E-state index in [1.807, 2.05) is 19.9 Å². The molecule has 0 aliphatic rings. The van der Waals surface area contributed by atoms with Crippen molar-refractivity contribution in [3.05, 3.63) is 58.8 Å². The molecule has 0 radical (unpaired) electrons. The monoisotopic (exact) mass is 374 g/mol. The second-order valence-corrected chi connectivity index (χ2v) is 6.42. The molecule has 0 saturated heterocycles. The van der Waals surface area contributed by atoms with E-state index in [9.17, 15) is 9.18 Å². The van der Waals surface area contributed by atoms with Gasteiger partial charge in [-0.05, 0) is 50.5 Å². The summed E-state index contributed by atoms with van der Waals surface area (Å²) in [4.78, 5) is 16.1. The van der Waals surface area contributed by atoms with E-state index < -0.39 is 0 Å². The topological polar surface area (TPSA) is 78.7 Å². The van der Waals surface area contributed by atoms with Gasteiger partial charge in [-0.2, -0.15) is 0 Å². The predicted molar refractivity (Wildman–Crippen MR) is 104 cm³/mol. The van der Waals surface area contributed by atoms with Gasteiger partial charge in [0.1, 0.15) is 5.82 Å². The molecule has 7 heteroatoms. The highest BCUT2D eigenvalue weighted by Gasteiger charge is 2.12. The van der Waals surface area contributed by atoms with Crippen LogP contribution in [0.5, 0.6) is 0 Å². The van der Waals surface area contributed by atoms with Gasteiger partial charge in [-0.15, -0.1) is 0 Å². The minimum absolute atomic E-state index is 0.0899. The zero-order valence-electron chi connectivity index (χ0n) is 16.2. The van der Waals surface area contributed by atoms with Crippen LogP contribution in [0.25, 0.3) is 0 Å². The van der Waals surface area contributed by atoms with Crippen molar-refractivity contribution in [3.63, 3.8) is 0 Å². The molecule has 0 saturated carbocycles. The first-order valence-electron chi connectivity index (χ1n) is 8.98. The van der Waals surface area contributed by atoms with Crippen molar-refractivity contribution in [1.82, 2.24) is 16.0 Å². The fourth-order valence-corrected chi connectivity index (χ4v) is 2.54. The molecular weight excluding hydrogens is 347 g/mol. The first-order valence-corrected chi connectivity index (χ1v) is 8.98. The Hall–Kier alpha value is -2.83. The molecule has 1 heterocycles. The van der Waals surface area contributed by atoms with Gasteiger partial charge in [0.15, 0.2) is 11.7 Å². The molecule has 3 N–H and O–H groups in total. The maximum Gasteiger partial charge on any atom is 0.287 e. The van der Waals surface area contributed by atoms with E-state index in [1.54, 1.807) is 26.1 Å². The van der Waals surface area contributed by atoms with Crippen LogP contribution >= 0.6 is 0 Å². The number of hydrogen-bond acceptors (Lipinski definition) is 3. The van der Waals surface area contributed by atoms with Gasteiger partial charge in [-0.25, -0.2) is 4.39 Å². The molecule has 2 rings (SSSR count). The van der Waals surface area contributed by atoms with E-state index >= 15 is 0 Å². The lowest BCUT2D eigenvalue weighted by Crippen LogP contribution is -2.40. The maximum atomic E-state index is 13.7. The average molecular weight is 374 g/mol. The summed E-state index contributed by atoms with van der Waals surface area (Å²) >= 11 is 0. The molecule has 0 aliphatic carbocycles. The average Bonchev–Trinajstić information content (AvgIpc) is 3.08. The van der Waals surface area contributed by atoms with E-state index in [-0.39, 0.29) is 17.8 Å². The molecular formula is C20H27FN4O2. The number of nitrogens with one attached hydrogen (secondary N) is 3. The molecule has 2 aromatic rings. The van der Waals surface area contributed by atoms with Crippen molar-refractivity contribution in [2.24, 2.45) is 4.99 Å². The number of benzene rings is 1. The summed E-state index contributed by atoms with van der Waals surface area (Å²) in [5.74, 6) is 0.540. The quantitative estimate of drug-likeness (QED) is 0.395. The van der Waals surface area contributed by atoms with Crippen molar-refractivity contribution in [3.8, 4) is 0 Å². The fraction of sp³-hybridized carbons (Fsp3) is 0.400. The van der Waals surface area contributed by atoms with Gasteiger partial charge in [0.25, 0.3) is 5.91 Å². The van der Waals surface area contributed by atoms with Gasteiger partial charge < -0.3 is 20.4 Å². The SMILES string of the molecule is CN=C(NCCCNC(=O)c1occc1C)NC(C)c1ccc(C)c(F)c1. The number of carbonyl (C=O) groups excluding carboxylic acids is 1. The van der Waals surface area contributed by atoms with E-state index in [0.717, 1.165) is 17.5 Å². The Morgan fingerprint density at radius 1 is 1.19 bits per heavy atom. The summed E-state index contributed by atoms with van der Waals surface area (Å²) in [6.07, 6.45) is 2.22. The molecule has 27 heavy (non-hydrogen) atoms. The number of aryl methyl sites for hydroxylation is 2. The standard InChI is InChI=1S/C20H27FN4O2/c1-13-6-7-16(12-17(13)21)15(3)25-20(22-4)24-10-5-9-23-19(26)18-14(2)8-11-27-18/h6-8,11-12,15H,5,9-10H2,1-4H3,(H,23,26)(H2,22,24,25). The van der Waals surface area contributed by atoms with Crippen molar-refractivity contribution < 1.29 is 13.6 Å². The maximum absolute atomic E-state index is 13.7. The second-order valence-electron chi connectivity index (χ2n) is 6.42. The highest BCUT2D eigenvalue weighted by Crippen LogP contribution is 2.16. The van der Waals surface area contributed by atoms with Crippen molar-refractivity contribution in [2.75, 3.05) is 20.1 Å². The largest absolute Gasteiger partial charge is 0.459 e. The summed E-state index contributed by atoms with van der Waals surface area (Å²) in [5.41, 5.74) is 2.29. The molecule has 6 nitrogen and oxygen atoms in total. The van der Waals surface area contributed by atoms with Gasteiger partial charge >= 0.3 is 0 Å². The van der Waals surface area contributed by atoms with Gasteiger partial charge in [0.05, 0.1) is 12.3 Å². The van der Waals surface area contributed by atoms with Gasteiger partial charge in [0.2, 0.25) is 0 Å². The Morgan fingerprint density at radius 3 is 2.56 bits per heavy atom. The third-order valence-electron chi connectivity index (χ3n) is 4.27. The van der Waals surface area contributed by atoms with E-state index in [4.69, 9.17) is 4.42 Å². The van der Waals surface area contributed by atoms with Crippen LogP contribution in [-0.4, -0.2) is 32.0 Å². The number of hydrogen-bond donors (Lipinski definition) is 3. The highest BCUT2D eigenvalue weighted by atomic mass is 19.1. The minimum Gasteiger partial charge on any atom is -0.459 e. The predicted octanol–water partition coefficient (Wildman–Crippen LogP) is 3.08. The Labute approximate surface area is 159 Å². The molecule has 1 atom stereocenters. The number of halogens is 1. The first-order chi connectivity index (χ1) is 12.9. The molecule has 1 aromatic carbocycles. The van der Waals surface area contributed by atoms with Crippen molar-refractivity contribution >= 4 is 11.9 Å². The summed E-state index contributed by atoms with van der Waals surface area (Å²) in [5, 5.41) is 9.24. The van der Waals surface area contributed by atoms with Gasteiger partial charge in [0, 0.05) is 25.7 Å². The third kappa shape index (κ3) is 5.84. The number of carbonyl (C=O) groups is 1. The summed E-state index contributed by atoms with van der Waals surface area (Å²) < 4.78 is 18.9. The van der Waals surface area contributed by atoms with Crippen LogP contribution in [0, 0.1) is 19.7 Å². The van der Waals surface area contributed by atoms with Crippen LogP contribution < -0.4 is 16.0 Å². The van der Waals surface area contributed by atoms with Crippen LogP contribution in [-0.2, 0) is 0 Å². The number of rotatable bonds is 7. The first kappa shape index (κ1) is 20.5. The molecule has 0 spiro atoms. The van der Waals surface area contributed by atoms with Crippen LogP contribution in [0.2, 0.25) is 0 Å². The van der Waals surface area contributed by atoms with Gasteiger partial charge in [-0.1, -0.05) is 12.1 Å². The third-order valence-corrected chi connectivity index (χ3v) is 4.27. The fourth-order valence-electron chi connectivity index (χ4n) is 2.54. The van der Waals surface area contributed by atoms with Crippen molar-refractivity contribution in [1.29, 1.82) is 0 Å². The molecule has 0 bridgehead atoms. The number of nitrogens with zero attached hydrogens (tertiary/aromatic N) is 1. The van der Waals surface area contributed by atoms with E-state index in [1.165, 1.54) is 12.3 Å². The number of guanidine groups is 1. The Kier molecular flexibility index (Phi) is 7.40. The second kappa shape index (κ2) is 9.75. The van der Waals surface area contributed by atoms with E-state index in [0.29, 0.717) is 30.4 Å². The lowest BCUT2D eigenvalue weighted by atomic mass is 10.1. The zero-order valence-corrected chi connectivity index (χ0v) is 16.2. The Bertz CT molecular complexity index is 801. The summed E-state index contributed by atoms with van der Waals surface area (Å²) in [6.45, 7) is 6.66. The zero-order chi connectivity index (χ0) is 19.8. The smallest absolute Gasteiger partial charge is 0.287 e. The lowest BCUT2D eigenvalue weighted by Gasteiger charge is -2.18. The normalized spacial score (nSPS) is 12.6. The molecule has 0 fully saturated rings. The molecule has 146 valence electrons. The van der Waals surface area contributed by atoms with Crippen LogP contribution in [0.4, 0.5) is 4.39 Å². The number of furan rings is 1. The van der Waals surface area contributed by atoms with Gasteiger partial charge in [-0.3, -0.25) is 9.79 Å². The molecule has 1 amide bonds. The highest BCUT2D eigenvalue weighted by molar-refractivity contribution is 5.92.